The lowest BCUT2D eigenvalue weighted by molar-refractivity contribution is -0.137. The number of hydrogen-bond donors (Lipinski definition) is 1. The van der Waals surface area contributed by atoms with E-state index in [-0.39, 0.29) is 12.1 Å². The highest BCUT2D eigenvalue weighted by atomic mass is 19.4. The number of benzene rings is 1. The smallest absolute Gasteiger partial charge is 0.378 e. The van der Waals surface area contributed by atoms with E-state index in [2.05, 4.69) is 12.2 Å². The molecule has 2 nitrogen and oxygen atoms in total. The summed E-state index contributed by atoms with van der Waals surface area (Å²) in [6.45, 7) is 5.55. The van der Waals surface area contributed by atoms with Gasteiger partial charge in [0, 0.05) is 19.2 Å². The van der Waals surface area contributed by atoms with Crippen molar-refractivity contribution in [2.75, 3.05) is 13.2 Å². The molecule has 0 bridgehead atoms. The zero-order chi connectivity index (χ0) is 15.5. The molecule has 118 valence electrons. The van der Waals surface area contributed by atoms with Gasteiger partial charge in [-0.3, -0.25) is 0 Å². The van der Waals surface area contributed by atoms with Crippen LogP contribution >= 0.6 is 0 Å². The van der Waals surface area contributed by atoms with Gasteiger partial charge in [0.05, 0.1) is 11.7 Å². The zero-order valence-electron chi connectivity index (χ0n) is 12.4. The number of ether oxygens (including phenoxy) is 1. The molecule has 1 aliphatic rings. The summed E-state index contributed by atoms with van der Waals surface area (Å²) < 4.78 is 43.8. The summed E-state index contributed by atoms with van der Waals surface area (Å²) in [5.41, 5.74) is 0.0704. The van der Waals surface area contributed by atoms with Crippen LogP contribution in [0.1, 0.15) is 43.9 Å². The van der Waals surface area contributed by atoms with Crippen molar-refractivity contribution >= 4 is 0 Å². The Kier molecular flexibility index (Phi) is 5.27. The minimum atomic E-state index is -4.29. The third kappa shape index (κ3) is 4.20. The molecule has 0 radical (unpaired) electrons. The van der Waals surface area contributed by atoms with Crippen molar-refractivity contribution in [2.24, 2.45) is 5.92 Å². The highest BCUT2D eigenvalue weighted by molar-refractivity contribution is 5.27. The van der Waals surface area contributed by atoms with Crippen molar-refractivity contribution in [1.29, 1.82) is 0 Å². The molecule has 1 saturated heterocycles. The number of alkyl halides is 3. The van der Waals surface area contributed by atoms with Gasteiger partial charge in [0.15, 0.2) is 0 Å². The quantitative estimate of drug-likeness (QED) is 0.881. The van der Waals surface area contributed by atoms with Gasteiger partial charge in [0.25, 0.3) is 0 Å². The molecule has 0 aromatic heterocycles. The van der Waals surface area contributed by atoms with Crippen LogP contribution in [0.4, 0.5) is 13.2 Å². The van der Waals surface area contributed by atoms with Gasteiger partial charge < -0.3 is 10.1 Å². The first-order chi connectivity index (χ1) is 9.91. The highest BCUT2D eigenvalue weighted by Crippen LogP contribution is 2.31. The number of rotatable bonds is 5. The number of hydrogen-bond acceptors (Lipinski definition) is 2. The summed E-state index contributed by atoms with van der Waals surface area (Å²) in [7, 11) is 0. The maximum atomic E-state index is 12.7. The van der Waals surface area contributed by atoms with E-state index in [1.165, 1.54) is 12.1 Å². The Morgan fingerprint density at radius 3 is 2.81 bits per heavy atom. The van der Waals surface area contributed by atoms with E-state index < -0.39 is 11.7 Å². The molecule has 0 saturated carbocycles. The second-order valence-electron chi connectivity index (χ2n) is 5.62. The van der Waals surface area contributed by atoms with Gasteiger partial charge in [-0.05, 0) is 43.4 Å². The van der Waals surface area contributed by atoms with Crippen LogP contribution in [-0.2, 0) is 10.9 Å². The van der Waals surface area contributed by atoms with Crippen LogP contribution in [0.2, 0.25) is 0 Å². The van der Waals surface area contributed by atoms with E-state index in [0.29, 0.717) is 11.5 Å². The SMILES string of the molecule is CCC1OCCC1CNC(C)c1cccc(C(F)(F)F)c1. The van der Waals surface area contributed by atoms with E-state index in [9.17, 15) is 13.2 Å². The van der Waals surface area contributed by atoms with Gasteiger partial charge in [0.2, 0.25) is 0 Å². The van der Waals surface area contributed by atoms with Crippen LogP contribution in [0.15, 0.2) is 24.3 Å². The average Bonchev–Trinajstić information content (AvgIpc) is 2.91. The monoisotopic (exact) mass is 301 g/mol. The predicted octanol–water partition coefficient (Wildman–Crippen LogP) is 4.17. The molecular weight excluding hydrogens is 279 g/mol. The minimum absolute atomic E-state index is 0.106. The lowest BCUT2D eigenvalue weighted by atomic mass is 9.98. The van der Waals surface area contributed by atoms with Crippen LogP contribution < -0.4 is 5.32 Å². The van der Waals surface area contributed by atoms with Crippen molar-refractivity contribution in [1.82, 2.24) is 5.32 Å². The van der Waals surface area contributed by atoms with Crippen LogP contribution in [0.3, 0.4) is 0 Å². The number of halogens is 3. The lowest BCUT2D eigenvalue weighted by Crippen LogP contribution is -2.30. The summed E-state index contributed by atoms with van der Waals surface area (Å²) in [6.07, 6.45) is -2.03. The Morgan fingerprint density at radius 2 is 2.14 bits per heavy atom. The van der Waals surface area contributed by atoms with Gasteiger partial charge in [-0.15, -0.1) is 0 Å². The Labute approximate surface area is 123 Å². The van der Waals surface area contributed by atoms with Gasteiger partial charge in [-0.25, -0.2) is 0 Å². The van der Waals surface area contributed by atoms with Gasteiger partial charge >= 0.3 is 6.18 Å². The molecule has 1 aromatic carbocycles. The fourth-order valence-electron chi connectivity index (χ4n) is 2.81. The predicted molar refractivity (Wildman–Crippen MR) is 76.0 cm³/mol. The molecule has 21 heavy (non-hydrogen) atoms. The summed E-state index contributed by atoms with van der Waals surface area (Å²) in [5, 5.41) is 3.34. The minimum Gasteiger partial charge on any atom is -0.378 e. The van der Waals surface area contributed by atoms with Crippen LogP contribution in [-0.4, -0.2) is 19.3 Å². The van der Waals surface area contributed by atoms with Crippen LogP contribution in [0, 0.1) is 5.92 Å². The third-order valence-corrected chi connectivity index (χ3v) is 4.15. The second kappa shape index (κ2) is 6.79. The third-order valence-electron chi connectivity index (χ3n) is 4.15. The molecule has 3 unspecified atom stereocenters. The first kappa shape index (κ1) is 16.3. The van der Waals surface area contributed by atoms with E-state index in [0.717, 1.165) is 32.1 Å². The average molecular weight is 301 g/mol. The first-order valence-electron chi connectivity index (χ1n) is 7.44. The van der Waals surface area contributed by atoms with Gasteiger partial charge in [-0.2, -0.15) is 13.2 Å². The van der Waals surface area contributed by atoms with E-state index >= 15 is 0 Å². The Morgan fingerprint density at radius 1 is 1.38 bits per heavy atom. The fourth-order valence-corrected chi connectivity index (χ4v) is 2.81. The lowest BCUT2D eigenvalue weighted by Gasteiger charge is -2.21. The maximum absolute atomic E-state index is 12.7. The summed E-state index contributed by atoms with van der Waals surface area (Å²) in [5.74, 6) is 0.447. The molecule has 0 aliphatic carbocycles. The van der Waals surface area contributed by atoms with Crippen molar-refractivity contribution in [2.45, 2.75) is 45.0 Å². The largest absolute Gasteiger partial charge is 0.416 e. The standard InChI is InChI=1S/C16H22F3NO/c1-3-15-13(7-8-21-15)10-20-11(2)12-5-4-6-14(9-12)16(17,18)19/h4-6,9,11,13,15,20H,3,7-8,10H2,1-2H3. The molecule has 2 rings (SSSR count). The molecule has 0 amide bonds. The van der Waals surface area contributed by atoms with Crippen LogP contribution in [0.5, 0.6) is 0 Å². The van der Waals surface area contributed by atoms with Crippen molar-refractivity contribution < 1.29 is 17.9 Å². The molecule has 3 atom stereocenters. The Balaban J connectivity index is 1.96. The molecule has 1 aliphatic heterocycles. The van der Waals surface area contributed by atoms with Gasteiger partial charge in [0.1, 0.15) is 0 Å². The molecule has 1 fully saturated rings. The summed E-state index contributed by atoms with van der Waals surface area (Å²) in [4.78, 5) is 0. The number of nitrogens with one attached hydrogen (secondary N) is 1. The summed E-state index contributed by atoms with van der Waals surface area (Å²) >= 11 is 0. The second-order valence-corrected chi connectivity index (χ2v) is 5.62. The molecule has 1 heterocycles. The van der Waals surface area contributed by atoms with Crippen molar-refractivity contribution in [3.8, 4) is 0 Å². The molecular formula is C16H22F3NO. The van der Waals surface area contributed by atoms with Crippen molar-refractivity contribution in [3.05, 3.63) is 35.4 Å². The van der Waals surface area contributed by atoms with Crippen molar-refractivity contribution in [3.63, 3.8) is 0 Å². The zero-order valence-corrected chi connectivity index (χ0v) is 12.4. The molecule has 0 spiro atoms. The van der Waals surface area contributed by atoms with E-state index in [4.69, 9.17) is 4.74 Å². The molecule has 5 heteroatoms. The topological polar surface area (TPSA) is 21.3 Å². The first-order valence-corrected chi connectivity index (χ1v) is 7.44. The highest BCUT2D eigenvalue weighted by Gasteiger charge is 2.31. The van der Waals surface area contributed by atoms with E-state index in [1.807, 2.05) is 6.92 Å². The fraction of sp³-hybridized carbons (Fsp3) is 0.625. The van der Waals surface area contributed by atoms with E-state index in [1.54, 1.807) is 6.07 Å². The van der Waals surface area contributed by atoms with Crippen LogP contribution in [0.25, 0.3) is 0 Å². The maximum Gasteiger partial charge on any atom is 0.416 e. The summed E-state index contributed by atoms with van der Waals surface area (Å²) in [6, 6.07) is 5.42. The normalized spacial score (nSPS) is 24.2. The Hall–Kier alpha value is -1.07. The molecule has 1 aromatic rings. The Bertz CT molecular complexity index is 461. The molecule has 1 N–H and O–H groups in total. The van der Waals surface area contributed by atoms with Gasteiger partial charge in [-0.1, -0.05) is 19.1 Å².